The van der Waals surface area contributed by atoms with Gasteiger partial charge in [0.2, 0.25) is 5.91 Å². The lowest BCUT2D eigenvalue weighted by Gasteiger charge is -2.33. The highest BCUT2D eigenvalue weighted by atomic mass is 32.1. The van der Waals surface area contributed by atoms with Crippen molar-refractivity contribution in [1.29, 1.82) is 0 Å². The predicted octanol–water partition coefficient (Wildman–Crippen LogP) is 2.87. The number of amides is 1. The highest BCUT2D eigenvalue weighted by molar-refractivity contribution is 7.10. The number of H-pyrrole nitrogens is 1. The quantitative estimate of drug-likeness (QED) is 0.916. The van der Waals surface area contributed by atoms with Crippen molar-refractivity contribution in [2.75, 3.05) is 26.7 Å². The van der Waals surface area contributed by atoms with Crippen LogP contribution in [0.5, 0.6) is 0 Å². The van der Waals surface area contributed by atoms with Crippen LogP contribution < -0.4 is 0 Å². The second-order valence-corrected chi connectivity index (χ2v) is 7.26. The van der Waals surface area contributed by atoms with Crippen LogP contribution in [0.4, 0.5) is 0 Å². The fraction of sp³-hybridized carbons (Fsp3) is 0.529. The molecule has 3 rings (SSSR count). The lowest BCUT2D eigenvalue weighted by atomic mass is 9.95. The molecule has 1 aliphatic heterocycles. The third-order valence-electron chi connectivity index (χ3n) is 4.76. The van der Waals surface area contributed by atoms with Crippen LogP contribution in [0.15, 0.2) is 29.8 Å². The van der Waals surface area contributed by atoms with E-state index in [2.05, 4.69) is 33.5 Å². The molecule has 1 fully saturated rings. The normalized spacial score (nSPS) is 20.3. The van der Waals surface area contributed by atoms with Gasteiger partial charge in [-0.05, 0) is 43.8 Å². The molecule has 124 valence electrons. The van der Waals surface area contributed by atoms with Gasteiger partial charge in [-0.15, -0.1) is 11.3 Å². The van der Waals surface area contributed by atoms with Crippen LogP contribution in [0.1, 0.15) is 42.3 Å². The fourth-order valence-corrected chi connectivity index (χ4v) is 4.01. The highest BCUT2D eigenvalue weighted by Gasteiger charge is 2.26. The van der Waals surface area contributed by atoms with Crippen molar-refractivity contribution in [3.8, 4) is 0 Å². The van der Waals surface area contributed by atoms with E-state index in [1.54, 1.807) is 17.5 Å². The summed E-state index contributed by atoms with van der Waals surface area (Å²) < 4.78 is 0. The van der Waals surface area contributed by atoms with E-state index in [4.69, 9.17) is 0 Å². The molecular weight excluding hydrogens is 308 g/mol. The van der Waals surface area contributed by atoms with Crippen molar-refractivity contribution < 1.29 is 4.79 Å². The van der Waals surface area contributed by atoms with Crippen LogP contribution in [-0.4, -0.2) is 52.6 Å². The van der Waals surface area contributed by atoms with Gasteiger partial charge >= 0.3 is 0 Å². The zero-order valence-corrected chi connectivity index (χ0v) is 14.6. The van der Waals surface area contributed by atoms with Crippen molar-refractivity contribution in [2.45, 2.75) is 31.7 Å². The number of hydrogen-bond acceptors (Lipinski definition) is 4. The van der Waals surface area contributed by atoms with Crippen LogP contribution in [0.3, 0.4) is 0 Å². The molecule has 1 aliphatic rings. The summed E-state index contributed by atoms with van der Waals surface area (Å²) in [5.74, 6) is 0.648. The number of aromatic nitrogens is 2. The molecule has 3 heterocycles. The maximum Gasteiger partial charge on any atom is 0.237 e. The Balaban J connectivity index is 1.56. The first kappa shape index (κ1) is 16.2. The van der Waals surface area contributed by atoms with Gasteiger partial charge in [0.25, 0.3) is 0 Å². The minimum Gasteiger partial charge on any atom is -0.337 e. The zero-order valence-electron chi connectivity index (χ0n) is 13.7. The van der Waals surface area contributed by atoms with Crippen molar-refractivity contribution in [3.05, 3.63) is 40.3 Å². The van der Waals surface area contributed by atoms with Crippen LogP contribution in [-0.2, 0) is 4.79 Å². The summed E-state index contributed by atoms with van der Waals surface area (Å²) >= 11 is 1.70. The predicted molar refractivity (Wildman–Crippen MR) is 92.5 cm³/mol. The number of thiophene rings is 1. The molecule has 2 aromatic rings. The first-order valence-electron chi connectivity index (χ1n) is 8.16. The molecule has 1 amide bonds. The maximum atomic E-state index is 12.6. The van der Waals surface area contributed by atoms with Crippen LogP contribution in [0.2, 0.25) is 0 Å². The molecule has 23 heavy (non-hydrogen) atoms. The molecule has 5 nitrogen and oxygen atoms in total. The van der Waals surface area contributed by atoms with Gasteiger partial charge in [-0.2, -0.15) is 5.10 Å². The Morgan fingerprint density at radius 1 is 1.57 bits per heavy atom. The SMILES string of the molecule is C[C@H](c1cccs1)N(C)C(=O)CN1CCC[C@@H](c2ccn[nH]2)C1. The number of hydrogen-bond donors (Lipinski definition) is 1. The van der Waals surface area contributed by atoms with Gasteiger partial charge in [0.15, 0.2) is 0 Å². The van der Waals surface area contributed by atoms with Crippen molar-refractivity contribution in [3.63, 3.8) is 0 Å². The molecule has 0 saturated carbocycles. The molecule has 1 saturated heterocycles. The third-order valence-corrected chi connectivity index (χ3v) is 5.80. The van der Waals surface area contributed by atoms with Crippen molar-refractivity contribution >= 4 is 17.2 Å². The van der Waals surface area contributed by atoms with E-state index in [-0.39, 0.29) is 11.9 Å². The van der Waals surface area contributed by atoms with Gasteiger partial charge in [0, 0.05) is 36.3 Å². The largest absolute Gasteiger partial charge is 0.337 e. The van der Waals surface area contributed by atoms with Crippen LogP contribution in [0.25, 0.3) is 0 Å². The third kappa shape index (κ3) is 3.82. The average Bonchev–Trinajstić information content (AvgIpc) is 3.26. The minimum absolute atomic E-state index is 0.135. The second-order valence-electron chi connectivity index (χ2n) is 6.28. The molecule has 2 atom stereocenters. The molecule has 0 aliphatic carbocycles. The number of aromatic amines is 1. The van der Waals surface area contributed by atoms with Gasteiger partial charge in [-0.1, -0.05) is 6.07 Å². The summed E-state index contributed by atoms with van der Waals surface area (Å²) in [6, 6.07) is 6.31. The van der Waals surface area contributed by atoms with Gasteiger partial charge < -0.3 is 4.90 Å². The van der Waals surface area contributed by atoms with E-state index in [0.29, 0.717) is 12.5 Å². The Bertz CT molecular complexity index is 611. The topological polar surface area (TPSA) is 52.2 Å². The number of likely N-dealkylation sites (tertiary alicyclic amines) is 1. The zero-order chi connectivity index (χ0) is 16.2. The van der Waals surface area contributed by atoms with E-state index in [9.17, 15) is 4.79 Å². The number of piperidine rings is 1. The summed E-state index contributed by atoms with van der Waals surface area (Å²) in [5.41, 5.74) is 1.18. The van der Waals surface area contributed by atoms with Crippen LogP contribution >= 0.6 is 11.3 Å². The van der Waals surface area contributed by atoms with Gasteiger partial charge in [-0.25, -0.2) is 0 Å². The number of likely N-dealkylation sites (N-methyl/N-ethyl adjacent to an activating group) is 1. The maximum absolute atomic E-state index is 12.6. The first-order valence-corrected chi connectivity index (χ1v) is 9.04. The molecule has 0 spiro atoms. The Hall–Kier alpha value is -1.66. The molecule has 1 N–H and O–H groups in total. The lowest BCUT2D eigenvalue weighted by Crippen LogP contribution is -2.43. The molecule has 2 aromatic heterocycles. The number of carbonyl (C=O) groups is 1. The van der Waals surface area contributed by atoms with Gasteiger partial charge in [-0.3, -0.25) is 14.8 Å². The number of carbonyl (C=O) groups excluding carboxylic acids is 1. The summed E-state index contributed by atoms with van der Waals surface area (Å²) in [6.45, 7) is 4.51. The Morgan fingerprint density at radius 2 is 2.43 bits per heavy atom. The minimum atomic E-state index is 0.135. The Labute approximate surface area is 141 Å². The van der Waals surface area contributed by atoms with E-state index in [1.807, 2.05) is 24.1 Å². The monoisotopic (exact) mass is 332 g/mol. The van der Waals surface area contributed by atoms with Gasteiger partial charge in [0.1, 0.15) is 0 Å². The van der Waals surface area contributed by atoms with E-state index in [1.165, 1.54) is 10.6 Å². The Kier molecular flexibility index (Phi) is 5.13. The van der Waals surface area contributed by atoms with Crippen molar-refractivity contribution in [2.24, 2.45) is 0 Å². The summed E-state index contributed by atoms with van der Waals surface area (Å²) in [5, 5.41) is 9.17. The molecule has 6 heteroatoms. The second kappa shape index (κ2) is 7.27. The van der Waals surface area contributed by atoms with Crippen LogP contribution in [0, 0.1) is 0 Å². The fourth-order valence-electron chi connectivity index (χ4n) is 3.19. The molecule has 0 unspecified atom stereocenters. The highest BCUT2D eigenvalue weighted by Crippen LogP contribution is 2.26. The molecular formula is C17H24N4OS. The summed E-state index contributed by atoms with van der Waals surface area (Å²) in [4.78, 5) is 18.0. The number of rotatable bonds is 5. The number of nitrogens with zero attached hydrogens (tertiary/aromatic N) is 3. The average molecular weight is 332 g/mol. The van der Waals surface area contributed by atoms with Crippen molar-refractivity contribution in [1.82, 2.24) is 20.0 Å². The lowest BCUT2D eigenvalue weighted by molar-refractivity contribution is -0.133. The first-order chi connectivity index (χ1) is 11.1. The Morgan fingerprint density at radius 3 is 3.13 bits per heavy atom. The number of nitrogens with one attached hydrogen (secondary N) is 1. The molecule has 0 bridgehead atoms. The van der Waals surface area contributed by atoms with E-state index >= 15 is 0 Å². The molecule has 0 aromatic carbocycles. The van der Waals surface area contributed by atoms with Gasteiger partial charge in [0.05, 0.1) is 12.6 Å². The molecule has 0 radical (unpaired) electrons. The smallest absolute Gasteiger partial charge is 0.237 e. The summed E-state index contributed by atoms with van der Waals surface area (Å²) in [6.07, 6.45) is 4.09. The summed E-state index contributed by atoms with van der Waals surface area (Å²) in [7, 11) is 1.91. The standard InChI is InChI=1S/C17H24N4OS/c1-13(16-6-4-10-23-16)20(2)17(22)12-21-9-3-5-14(11-21)15-7-8-18-19-15/h4,6-8,10,13-14H,3,5,9,11-12H2,1-2H3,(H,18,19)/t13-,14-/m1/s1. The van der Waals surface area contributed by atoms with E-state index in [0.717, 1.165) is 25.9 Å². The van der Waals surface area contributed by atoms with E-state index < -0.39 is 0 Å².